The number of ether oxygens (including phenoxy) is 5. The molecule has 2 fully saturated rings. The van der Waals surface area contributed by atoms with Gasteiger partial charge in [-0.25, -0.2) is 19.2 Å². The highest BCUT2D eigenvalue weighted by molar-refractivity contribution is 6.25. The van der Waals surface area contributed by atoms with Crippen molar-refractivity contribution in [2.24, 2.45) is 11.8 Å². The largest absolute Gasteiger partial charge is 0.493 e. The van der Waals surface area contributed by atoms with Crippen LogP contribution in [-0.4, -0.2) is 113 Å². The van der Waals surface area contributed by atoms with Gasteiger partial charge in [0.1, 0.15) is 48.0 Å². The molecule has 4 aliphatic rings. The van der Waals surface area contributed by atoms with Crippen LogP contribution in [0.1, 0.15) is 71.0 Å². The molecule has 11 rings (SSSR count). The number of benzene rings is 6. The summed E-state index contributed by atoms with van der Waals surface area (Å²) in [5, 5.41) is 21.2. The van der Waals surface area contributed by atoms with Gasteiger partial charge in [-0.1, -0.05) is 116 Å². The number of amides is 4. The summed E-state index contributed by atoms with van der Waals surface area (Å²) in [6, 6.07) is 36.4. The van der Waals surface area contributed by atoms with E-state index in [9.17, 15) is 9.90 Å². The molecule has 0 radical (unpaired) electrons. The molecule has 80 heavy (non-hydrogen) atoms. The van der Waals surface area contributed by atoms with Crippen molar-refractivity contribution in [2.75, 3.05) is 46.0 Å². The molecule has 18 heteroatoms. The number of para-hydroxylation sites is 1. The normalized spacial score (nSPS) is 21.5. The lowest BCUT2D eigenvalue weighted by Gasteiger charge is -2.46. The molecule has 2 saturated heterocycles. The van der Waals surface area contributed by atoms with Crippen molar-refractivity contribution >= 4 is 46.5 Å². The fourth-order valence-electron chi connectivity index (χ4n) is 12.2. The van der Waals surface area contributed by atoms with E-state index in [-0.39, 0.29) is 44.1 Å². The second kappa shape index (κ2) is 22.0. The Kier molecular flexibility index (Phi) is 14.6. The van der Waals surface area contributed by atoms with Crippen molar-refractivity contribution in [3.8, 4) is 29.1 Å². The summed E-state index contributed by atoms with van der Waals surface area (Å²) in [5.41, 5.74) is 3.71. The first-order valence-electron chi connectivity index (χ1n) is 26.5. The van der Waals surface area contributed by atoms with Crippen molar-refractivity contribution in [3.05, 3.63) is 178 Å². The molecular formula is C62H59N7O11. The lowest BCUT2D eigenvalue weighted by atomic mass is 9.64. The predicted molar refractivity (Wildman–Crippen MR) is 293 cm³/mol. The van der Waals surface area contributed by atoms with Gasteiger partial charge in [0.25, 0.3) is 0 Å². The first kappa shape index (κ1) is 53.0. The van der Waals surface area contributed by atoms with Crippen LogP contribution in [-0.2, 0) is 53.6 Å². The second-order valence-corrected chi connectivity index (χ2v) is 20.5. The number of nitrogens with one attached hydrogen (secondary N) is 1. The molecule has 1 aromatic heterocycles. The third-order valence-corrected chi connectivity index (χ3v) is 15.8. The monoisotopic (exact) mass is 1080 g/mol. The molecule has 0 bridgehead atoms. The minimum Gasteiger partial charge on any atom is -0.493 e. The number of hydrogen-bond donors (Lipinski definition) is 2. The summed E-state index contributed by atoms with van der Waals surface area (Å²) in [5.74, 6) is 2.99. The third-order valence-electron chi connectivity index (χ3n) is 15.8. The van der Waals surface area contributed by atoms with E-state index in [2.05, 4.69) is 27.5 Å². The van der Waals surface area contributed by atoms with Gasteiger partial charge >= 0.3 is 18.0 Å². The first-order chi connectivity index (χ1) is 38.9. The molecule has 7 atom stereocenters. The Balaban J connectivity index is 1.18. The van der Waals surface area contributed by atoms with E-state index < -0.39 is 77.3 Å². The van der Waals surface area contributed by atoms with E-state index in [1.165, 1.54) is 14.2 Å². The van der Waals surface area contributed by atoms with E-state index in [0.29, 0.717) is 45.9 Å². The molecule has 2 N–H and O–H groups in total. The molecule has 0 aliphatic carbocycles. The number of anilines is 1. The number of rotatable bonds is 13. The fourth-order valence-corrected chi connectivity index (χ4v) is 12.2. The number of carbonyl (C=O) groups excluding carboxylic acids is 5. The van der Waals surface area contributed by atoms with Crippen LogP contribution in [0.3, 0.4) is 0 Å². The van der Waals surface area contributed by atoms with Gasteiger partial charge in [-0.2, -0.15) is 0 Å². The van der Waals surface area contributed by atoms with Crippen LogP contribution in [0, 0.1) is 23.7 Å². The number of urea groups is 1. The molecule has 7 aromatic rings. The number of esters is 2. The van der Waals surface area contributed by atoms with Gasteiger partial charge in [-0.05, 0) is 100 Å². The van der Waals surface area contributed by atoms with Crippen LogP contribution in [0.4, 0.5) is 10.5 Å². The number of aromatic nitrogens is 3. The SMILES string of the molecule is COC(=O)C(NC(=O)N1C(=O)C2(c3cc(C#CCn4nnc5ccccc54)ccc31)C(C(=O)N1CCc3cc(OC)c(OC)cc3C1)C1C(=O)OC(c3ccccc3)C(c3ccccc3)N1C2c1ccc(OCCO)cc1)C(C)C. The molecule has 7 unspecified atom stereocenters. The molecule has 1 spiro atoms. The fraction of sp³-hybridized carbons (Fsp3) is 0.306. The maximum Gasteiger partial charge on any atom is 0.329 e. The number of carbonyl (C=O) groups is 5. The number of aliphatic hydroxyl groups is 1. The van der Waals surface area contributed by atoms with Gasteiger partial charge in [0.2, 0.25) is 11.8 Å². The zero-order valence-corrected chi connectivity index (χ0v) is 44.8. The maximum absolute atomic E-state index is 17.1. The molecule has 4 aliphatic heterocycles. The molecule has 5 heterocycles. The summed E-state index contributed by atoms with van der Waals surface area (Å²) >= 11 is 0. The van der Waals surface area contributed by atoms with Gasteiger partial charge < -0.3 is 39.0 Å². The van der Waals surface area contributed by atoms with Crippen molar-refractivity contribution < 1.29 is 52.8 Å². The van der Waals surface area contributed by atoms with Crippen LogP contribution in [0.2, 0.25) is 0 Å². The Morgan fingerprint density at radius 2 is 1.50 bits per heavy atom. The molecular weight excluding hydrogens is 1020 g/mol. The van der Waals surface area contributed by atoms with Crippen LogP contribution in [0.25, 0.3) is 11.0 Å². The van der Waals surface area contributed by atoms with Gasteiger partial charge in [0.15, 0.2) is 11.5 Å². The molecule has 6 aromatic carbocycles. The molecule has 4 amide bonds. The average molecular weight is 1080 g/mol. The number of methoxy groups -OCH3 is 3. The number of nitrogens with zero attached hydrogens (tertiary/aromatic N) is 6. The lowest BCUT2D eigenvalue weighted by molar-refractivity contribution is -0.179. The van der Waals surface area contributed by atoms with Gasteiger partial charge in [-0.3, -0.25) is 19.3 Å². The van der Waals surface area contributed by atoms with Crippen molar-refractivity contribution in [1.29, 1.82) is 0 Å². The second-order valence-electron chi connectivity index (χ2n) is 20.5. The number of fused-ring (bicyclic) bond motifs is 5. The summed E-state index contributed by atoms with van der Waals surface area (Å²) in [6.07, 6.45) is -0.578. The van der Waals surface area contributed by atoms with Crippen molar-refractivity contribution in [1.82, 2.24) is 30.1 Å². The van der Waals surface area contributed by atoms with E-state index >= 15 is 19.2 Å². The topological polar surface area (TPSA) is 204 Å². The zero-order chi connectivity index (χ0) is 55.8. The minimum absolute atomic E-state index is 0.00556. The number of imide groups is 1. The van der Waals surface area contributed by atoms with Crippen molar-refractivity contribution in [3.63, 3.8) is 0 Å². The van der Waals surface area contributed by atoms with Gasteiger partial charge in [0.05, 0.1) is 57.1 Å². The van der Waals surface area contributed by atoms with E-state index in [0.717, 1.165) is 27.1 Å². The Labute approximate surface area is 462 Å². The number of cyclic esters (lactones) is 1. The van der Waals surface area contributed by atoms with E-state index in [4.69, 9.17) is 23.7 Å². The highest BCUT2D eigenvalue weighted by Crippen LogP contribution is 2.66. The molecule has 408 valence electrons. The summed E-state index contributed by atoms with van der Waals surface area (Å²) in [4.78, 5) is 83.1. The minimum atomic E-state index is -2.14. The summed E-state index contributed by atoms with van der Waals surface area (Å²) in [6.45, 7) is 3.65. The average Bonchev–Trinajstić information content (AvgIpc) is 1.86. The van der Waals surface area contributed by atoms with Crippen LogP contribution >= 0.6 is 0 Å². The third kappa shape index (κ3) is 9.11. The van der Waals surface area contributed by atoms with Crippen LogP contribution < -0.4 is 24.4 Å². The number of hydrogen-bond acceptors (Lipinski definition) is 14. The molecule has 18 nitrogen and oxygen atoms in total. The zero-order valence-electron chi connectivity index (χ0n) is 44.8. The van der Waals surface area contributed by atoms with E-state index in [1.54, 1.807) is 73.0 Å². The predicted octanol–water partition coefficient (Wildman–Crippen LogP) is 7.03. The van der Waals surface area contributed by atoms with Gasteiger partial charge in [-0.15, -0.1) is 5.10 Å². The smallest absolute Gasteiger partial charge is 0.329 e. The van der Waals surface area contributed by atoms with Crippen LogP contribution in [0.5, 0.6) is 17.2 Å². The molecule has 0 saturated carbocycles. The quantitative estimate of drug-likeness (QED) is 0.0880. The standard InChI is InChI=1S/C62H59N7O11/c1-37(2)52(58(72)78-5)63-61(75)68-47-27-22-38(15-14-29-67-48-21-13-12-20-46(48)64-65-67)33-45(47)62(60(68)74)51(57(71)66-30-28-42-34-49(76-3)50(77-4)35-43(42)36-66)54-59(73)80-55(40-18-10-7-11-19-40)53(39-16-8-6-9-17-39)69(54)56(62)41-23-25-44(26-24-41)79-32-31-70/h6-13,16-27,33-35,37,51-56,70H,28-32,36H2,1-5H3,(H,63,75). The van der Waals surface area contributed by atoms with E-state index in [1.807, 2.05) is 102 Å². The van der Waals surface area contributed by atoms with Crippen molar-refractivity contribution in [2.45, 2.75) is 69.0 Å². The Hall–Kier alpha value is -9.05. The van der Waals surface area contributed by atoms with Gasteiger partial charge in [0, 0.05) is 18.7 Å². The summed E-state index contributed by atoms with van der Waals surface area (Å²) in [7, 11) is 4.31. The highest BCUT2D eigenvalue weighted by atomic mass is 16.6. The number of aliphatic hydroxyl groups excluding tert-OH is 1. The Morgan fingerprint density at radius 3 is 2.19 bits per heavy atom. The Morgan fingerprint density at radius 1 is 0.812 bits per heavy atom. The summed E-state index contributed by atoms with van der Waals surface area (Å²) < 4.78 is 30.8. The van der Waals surface area contributed by atoms with Crippen LogP contribution in [0.15, 0.2) is 140 Å². The Bertz CT molecular complexity index is 3580. The maximum atomic E-state index is 17.1. The first-order valence-corrected chi connectivity index (χ1v) is 26.5. The lowest BCUT2D eigenvalue weighted by Crippen LogP contribution is -2.58. The number of morpholine rings is 1. The highest BCUT2D eigenvalue weighted by Gasteiger charge is 2.76.